The van der Waals surface area contributed by atoms with Crippen LogP contribution in [-0.2, 0) is 13.0 Å². The first kappa shape index (κ1) is 20.2. The molecule has 1 fully saturated rings. The zero-order valence-corrected chi connectivity index (χ0v) is 17.8. The monoisotopic (exact) mass is 396 g/mol. The molecule has 0 unspecified atom stereocenters. The number of piperazine rings is 1. The van der Waals surface area contributed by atoms with Crippen LogP contribution in [0.15, 0.2) is 29.3 Å². The summed E-state index contributed by atoms with van der Waals surface area (Å²) in [6, 6.07) is 3.75. The molecule has 2 aromatic heterocycles. The Morgan fingerprint density at radius 1 is 1.03 bits per heavy atom. The minimum absolute atomic E-state index is 0.0108. The highest BCUT2D eigenvalue weighted by molar-refractivity contribution is 5.54. The van der Waals surface area contributed by atoms with Gasteiger partial charge in [0.25, 0.3) is 5.56 Å². The standard InChI is InChI=1S/C22H32N6O/c1-22(2,15-27-12-10-26(3)11-13-27)16-28-9-6-19-18(14-28)21(29)25-20(24-19)17-4-7-23-8-5-17/h4-5,7-8H,6,9-16H2,1-3H3,(H,24,25,29). The maximum atomic E-state index is 12.8. The minimum Gasteiger partial charge on any atom is -0.306 e. The number of nitrogens with one attached hydrogen (secondary N) is 1. The third kappa shape index (κ3) is 4.91. The number of pyridine rings is 1. The molecule has 0 aliphatic carbocycles. The van der Waals surface area contributed by atoms with Crippen LogP contribution in [0.1, 0.15) is 25.1 Å². The largest absolute Gasteiger partial charge is 0.306 e. The van der Waals surface area contributed by atoms with Crippen molar-refractivity contribution in [2.75, 3.05) is 52.9 Å². The zero-order chi connectivity index (χ0) is 20.4. The van der Waals surface area contributed by atoms with Crippen LogP contribution in [0, 0.1) is 5.41 Å². The highest BCUT2D eigenvalue weighted by Crippen LogP contribution is 2.24. The molecule has 2 aliphatic rings. The normalized spacial score (nSPS) is 19.3. The zero-order valence-electron chi connectivity index (χ0n) is 17.8. The summed E-state index contributed by atoms with van der Waals surface area (Å²) in [7, 11) is 2.19. The van der Waals surface area contributed by atoms with Crippen LogP contribution in [0.3, 0.4) is 0 Å². The number of H-pyrrole nitrogens is 1. The summed E-state index contributed by atoms with van der Waals surface area (Å²) in [5.41, 5.74) is 2.84. The van der Waals surface area contributed by atoms with E-state index in [2.05, 4.69) is 45.6 Å². The molecule has 0 saturated carbocycles. The van der Waals surface area contributed by atoms with E-state index in [0.29, 0.717) is 12.4 Å². The van der Waals surface area contributed by atoms with Crippen molar-refractivity contribution >= 4 is 0 Å². The first-order valence-electron chi connectivity index (χ1n) is 10.6. The van der Waals surface area contributed by atoms with Gasteiger partial charge < -0.3 is 14.8 Å². The van der Waals surface area contributed by atoms with Crippen molar-refractivity contribution in [3.63, 3.8) is 0 Å². The van der Waals surface area contributed by atoms with Crippen LogP contribution >= 0.6 is 0 Å². The summed E-state index contributed by atoms with van der Waals surface area (Å²) in [6.07, 6.45) is 4.26. The molecule has 2 aliphatic heterocycles. The first-order chi connectivity index (χ1) is 13.9. The molecule has 7 nitrogen and oxygen atoms in total. The molecular formula is C22H32N6O. The van der Waals surface area contributed by atoms with Crippen molar-refractivity contribution < 1.29 is 0 Å². The fraction of sp³-hybridized carbons (Fsp3) is 0.591. The predicted molar refractivity (Wildman–Crippen MR) is 115 cm³/mol. The van der Waals surface area contributed by atoms with Crippen LogP contribution in [0.25, 0.3) is 11.4 Å². The Balaban J connectivity index is 1.42. The van der Waals surface area contributed by atoms with Crippen molar-refractivity contribution in [2.24, 2.45) is 5.41 Å². The molecule has 1 saturated heterocycles. The van der Waals surface area contributed by atoms with Gasteiger partial charge in [0.1, 0.15) is 5.82 Å². The molecule has 156 valence electrons. The van der Waals surface area contributed by atoms with Gasteiger partial charge >= 0.3 is 0 Å². The van der Waals surface area contributed by atoms with Crippen molar-refractivity contribution in [3.8, 4) is 11.4 Å². The van der Waals surface area contributed by atoms with Gasteiger partial charge in [0.15, 0.2) is 0 Å². The lowest BCUT2D eigenvalue weighted by Gasteiger charge is -2.40. The Bertz CT molecular complexity index is 886. The number of hydrogen-bond acceptors (Lipinski definition) is 6. The molecule has 7 heteroatoms. The molecule has 0 bridgehead atoms. The van der Waals surface area contributed by atoms with E-state index in [9.17, 15) is 4.79 Å². The lowest BCUT2D eigenvalue weighted by molar-refractivity contribution is 0.0807. The van der Waals surface area contributed by atoms with Gasteiger partial charge in [-0.05, 0) is 24.6 Å². The van der Waals surface area contributed by atoms with E-state index >= 15 is 0 Å². The van der Waals surface area contributed by atoms with Crippen LogP contribution in [0.4, 0.5) is 0 Å². The highest BCUT2D eigenvalue weighted by Gasteiger charge is 2.29. The van der Waals surface area contributed by atoms with Crippen molar-refractivity contribution in [3.05, 3.63) is 46.1 Å². The SMILES string of the molecule is CN1CCN(CC(C)(C)CN2CCc3nc(-c4ccncc4)[nH]c(=O)c3C2)CC1. The van der Waals surface area contributed by atoms with Crippen molar-refractivity contribution in [1.29, 1.82) is 0 Å². The quantitative estimate of drug-likeness (QED) is 0.825. The lowest BCUT2D eigenvalue weighted by Crippen LogP contribution is -2.50. The number of nitrogens with zero attached hydrogens (tertiary/aromatic N) is 5. The van der Waals surface area contributed by atoms with E-state index in [1.165, 1.54) is 0 Å². The van der Waals surface area contributed by atoms with E-state index in [0.717, 1.165) is 69.1 Å². The number of likely N-dealkylation sites (N-methyl/N-ethyl adjacent to an activating group) is 1. The highest BCUT2D eigenvalue weighted by atomic mass is 16.1. The Hall–Kier alpha value is -2.09. The molecule has 0 radical (unpaired) electrons. The lowest BCUT2D eigenvalue weighted by atomic mass is 9.90. The van der Waals surface area contributed by atoms with Crippen LogP contribution in [0.2, 0.25) is 0 Å². The van der Waals surface area contributed by atoms with E-state index in [1.807, 2.05) is 12.1 Å². The number of rotatable bonds is 5. The Labute approximate surface area is 172 Å². The van der Waals surface area contributed by atoms with Gasteiger partial charge in [-0.3, -0.25) is 14.7 Å². The second-order valence-electron chi connectivity index (χ2n) is 9.28. The third-order valence-electron chi connectivity index (χ3n) is 6.00. The van der Waals surface area contributed by atoms with Crippen LogP contribution in [0.5, 0.6) is 0 Å². The summed E-state index contributed by atoms with van der Waals surface area (Å²) in [5, 5.41) is 0. The van der Waals surface area contributed by atoms with Gasteiger partial charge in [0, 0.05) is 76.7 Å². The van der Waals surface area contributed by atoms with Gasteiger partial charge in [0.05, 0.1) is 11.3 Å². The summed E-state index contributed by atoms with van der Waals surface area (Å²) in [6.45, 7) is 13.0. The molecule has 4 heterocycles. The summed E-state index contributed by atoms with van der Waals surface area (Å²) in [4.78, 5) is 31.9. The molecule has 2 aromatic rings. The number of hydrogen-bond donors (Lipinski definition) is 1. The fourth-order valence-corrected chi connectivity index (χ4v) is 4.53. The van der Waals surface area contributed by atoms with E-state index < -0.39 is 0 Å². The molecule has 29 heavy (non-hydrogen) atoms. The fourth-order valence-electron chi connectivity index (χ4n) is 4.53. The van der Waals surface area contributed by atoms with Gasteiger partial charge in [-0.25, -0.2) is 4.98 Å². The number of fused-ring (bicyclic) bond motifs is 1. The summed E-state index contributed by atoms with van der Waals surface area (Å²) in [5.74, 6) is 0.639. The summed E-state index contributed by atoms with van der Waals surface area (Å²) < 4.78 is 0. The van der Waals surface area contributed by atoms with E-state index in [-0.39, 0.29) is 11.0 Å². The first-order valence-corrected chi connectivity index (χ1v) is 10.6. The Morgan fingerprint density at radius 2 is 1.72 bits per heavy atom. The number of aromatic amines is 1. The topological polar surface area (TPSA) is 68.4 Å². The molecule has 0 atom stereocenters. The van der Waals surface area contributed by atoms with Gasteiger partial charge in [-0.2, -0.15) is 0 Å². The van der Waals surface area contributed by atoms with Crippen LogP contribution in [-0.4, -0.2) is 82.5 Å². The maximum absolute atomic E-state index is 12.8. The van der Waals surface area contributed by atoms with Gasteiger partial charge in [-0.1, -0.05) is 13.8 Å². The second kappa shape index (κ2) is 8.34. The molecule has 0 spiro atoms. The predicted octanol–water partition coefficient (Wildman–Crippen LogP) is 1.46. The van der Waals surface area contributed by atoms with Crippen molar-refractivity contribution in [1.82, 2.24) is 29.7 Å². The Kier molecular flexibility index (Phi) is 5.81. The smallest absolute Gasteiger partial charge is 0.255 e. The van der Waals surface area contributed by atoms with Gasteiger partial charge in [-0.15, -0.1) is 0 Å². The van der Waals surface area contributed by atoms with Crippen molar-refractivity contribution in [2.45, 2.75) is 26.8 Å². The average molecular weight is 397 g/mol. The summed E-state index contributed by atoms with van der Waals surface area (Å²) >= 11 is 0. The average Bonchev–Trinajstić information content (AvgIpc) is 2.70. The molecule has 1 N–H and O–H groups in total. The van der Waals surface area contributed by atoms with E-state index in [4.69, 9.17) is 4.98 Å². The maximum Gasteiger partial charge on any atom is 0.255 e. The molecule has 0 amide bonds. The second-order valence-corrected chi connectivity index (χ2v) is 9.28. The molecular weight excluding hydrogens is 364 g/mol. The molecule has 4 rings (SSSR count). The molecule has 0 aromatic carbocycles. The van der Waals surface area contributed by atoms with Gasteiger partial charge in [0.2, 0.25) is 0 Å². The minimum atomic E-state index is -0.0108. The van der Waals surface area contributed by atoms with Crippen LogP contribution < -0.4 is 5.56 Å². The Morgan fingerprint density at radius 3 is 2.45 bits per heavy atom. The van der Waals surface area contributed by atoms with E-state index in [1.54, 1.807) is 12.4 Å². The third-order valence-corrected chi connectivity index (χ3v) is 6.00. The number of aromatic nitrogens is 3.